The van der Waals surface area contributed by atoms with Gasteiger partial charge < -0.3 is 5.32 Å². The maximum atomic E-state index is 12.5. The highest BCUT2D eigenvalue weighted by Crippen LogP contribution is 2.23. The summed E-state index contributed by atoms with van der Waals surface area (Å²) in [6, 6.07) is 12.0. The fourth-order valence-electron chi connectivity index (χ4n) is 2.64. The molecule has 1 aliphatic heterocycles. The summed E-state index contributed by atoms with van der Waals surface area (Å²) in [5.41, 5.74) is 1.92. The Labute approximate surface area is 147 Å². The predicted octanol–water partition coefficient (Wildman–Crippen LogP) is 3.17. The second-order valence-electron chi connectivity index (χ2n) is 5.68. The summed E-state index contributed by atoms with van der Waals surface area (Å²) < 4.78 is 0.936. The Morgan fingerprint density at radius 3 is 2.50 bits per heavy atom. The Hall–Kier alpha value is -2.47. The minimum atomic E-state index is -0.385. The van der Waals surface area contributed by atoms with Gasteiger partial charge in [0.1, 0.15) is 0 Å². The molecule has 0 aliphatic carbocycles. The quantitative estimate of drug-likeness (QED) is 0.823. The number of amides is 3. The SMILES string of the molecule is C[C@@H](NC(=O)c1ccc2c(c1)C(=O)N(C)C2=O)c1cccc(Br)c1. The summed E-state index contributed by atoms with van der Waals surface area (Å²) in [6.07, 6.45) is 0. The highest BCUT2D eigenvalue weighted by Gasteiger charge is 2.33. The van der Waals surface area contributed by atoms with Gasteiger partial charge in [-0.3, -0.25) is 19.3 Å². The number of carbonyl (C=O) groups is 3. The van der Waals surface area contributed by atoms with Crippen LogP contribution >= 0.6 is 15.9 Å². The number of benzene rings is 2. The van der Waals surface area contributed by atoms with Gasteiger partial charge in [0.15, 0.2) is 0 Å². The van der Waals surface area contributed by atoms with Crippen molar-refractivity contribution < 1.29 is 14.4 Å². The van der Waals surface area contributed by atoms with Crippen molar-refractivity contribution in [3.8, 4) is 0 Å². The standard InChI is InChI=1S/C18H15BrN2O3/c1-10(11-4-3-5-13(19)8-11)20-16(22)12-6-7-14-15(9-12)18(24)21(2)17(14)23/h3-10H,1-2H3,(H,20,22)/t10-/m1/s1. The molecule has 1 N–H and O–H groups in total. The van der Waals surface area contributed by atoms with Gasteiger partial charge in [0.25, 0.3) is 17.7 Å². The third-order valence-electron chi connectivity index (χ3n) is 4.05. The van der Waals surface area contributed by atoms with Crippen molar-refractivity contribution in [2.45, 2.75) is 13.0 Å². The fraction of sp³-hybridized carbons (Fsp3) is 0.167. The second kappa shape index (κ2) is 6.20. The van der Waals surface area contributed by atoms with Crippen LogP contribution in [0.25, 0.3) is 0 Å². The van der Waals surface area contributed by atoms with Gasteiger partial charge in [-0.15, -0.1) is 0 Å². The van der Waals surface area contributed by atoms with Crippen molar-refractivity contribution in [3.63, 3.8) is 0 Å². The molecule has 1 heterocycles. The molecule has 1 aliphatic rings. The normalized spacial score (nSPS) is 14.5. The Morgan fingerprint density at radius 2 is 1.79 bits per heavy atom. The van der Waals surface area contributed by atoms with Crippen LogP contribution in [0.5, 0.6) is 0 Å². The minimum Gasteiger partial charge on any atom is -0.346 e. The summed E-state index contributed by atoms with van der Waals surface area (Å²) in [4.78, 5) is 37.4. The van der Waals surface area contributed by atoms with E-state index in [0.717, 1.165) is 14.9 Å². The molecular weight excluding hydrogens is 372 g/mol. The number of hydrogen-bond donors (Lipinski definition) is 1. The van der Waals surface area contributed by atoms with Gasteiger partial charge in [-0.25, -0.2) is 0 Å². The molecule has 0 saturated heterocycles. The maximum Gasteiger partial charge on any atom is 0.261 e. The zero-order valence-corrected chi connectivity index (χ0v) is 14.8. The molecule has 24 heavy (non-hydrogen) atoms. The van der Waals surface area contributed by atoms with E-state index in [1.54, 1.807) is 6.07 Å². The van der Waals surface area contributed by atoms with Crippen LogP contribution in [-0.4, -0.2) is 29.7 Å². The summed E-state index contributed by atoms with van der Waals surface area (Å²) in [7, 11) is 1.43. The van der Waals surface area contributed by atoms with E-state index in [1.807, 2.05) is 31.2 Å². The average molecular weight is 387 g/mol. The van der Waals surface area contributed by atoms with E-state index in [0.29, 0.717) is 11.1 Å². The summed E-state index contributed by atoms with van der Waals surface area (Å²) >= 11 is 3.41. The van der Waals surface area contributed by atoms with Crippen LogP contribution in [0.3, 0.4) is 0 Å². The molecule has 3 rings (SSSR count). The number of imide groups is 1. The zero-order valence-electron chi connectivity index (χ0n) is 13.2. The first kappa shape index (κ1) is 16.4. The molecule has 122 valence electrons. The molecule has 0 fully saturated rings. The van der Waals surface area contributed by atoms with Gasteiger partial charge >= 0.3 is 0 Å². The number of rotatable bonds is 3. The van der Waals surface area contributed by atoms with Crippen LogP contribution in [-0.2, 0) is 0 Å². The first-order valence-corrected chi connectivity index (χ1v) is 8.20. The number of carbonyl (C=O) groups excluding carboxylic acids is 3. The lowest BCUT2D eigenvalue weighted by Crippen LogP contribution is -2.27. The first-order valence-electron chi connectivity index (χ1n) is 7.41. The smallest absolute Gasteiger partial charge is 0.261 e. The van der Waals surface area contributed by atoms with Crippen LogP contribution in [0.1, 0.15) is 49.6 Å². The number of halogens is 1. The van der Waals surface area contributed by atoms with Crippen LogP contribution < -0.4 is 5.32 Å². The first-order chi connectivity index (χ1) is 11.4. The maximum absolute atomic E-state index is 12.5. The van der Waals surface area contributed by atoms with E-state index < -0.39 is 0 Å². The Morgan fingerprint density at radius 1 is 1.08 bits per heavy atom. The van der Waals surface area contributed by atoms with Crippen molar-refractivity contribution >= 4 is 33.7 Å². The number of fused-ring (bicyclic) bond motifs is 1. The zero-order chi connectivity index (χ0) is 17.4. The molecule has 0 aromatic heterocycles. The van der Waals surface area contributed by atoms with Crippen molar-refractivity contribution in [1.82, 2.24) is 10.2 Å². The molecular formula is C18H15BrN2O3. The molecule has 3 amide bonds. The molecule has 5 nitrogen and oxygen atoms in total. The lowest BCUT2D eigenvalue weighted by Gasteiger charge is -2.15. The summed E-state index contributed by atoms with van der Waals surface area (Å²) in [6.45, 7) is 1.88. The monoisotopic (exact) mass is 386 g/mol. The number of nitrogens with one attached hydrogen (secondary N) is 1. The van der Waals surface area contributed by atoms with E-state index in [-0.39, 0.29) is 29.3 Å². The van der Waals surface area contributed by atoms with Gasteiger partial charge in [0, 0.05) is 17.1 Å². The van der Waals surface area contributed by atoms with Gasteiger partial charge in [-0.1, -0.05) is 28.1 Å². The third kappa shape index (κ3) is 2.85. The number of hydrogen-bond acceptors (Lipinski definition) is 3. The molecule has 6 heteroatoms. The van der Waals surface area contributed by atoms with Crippen molar-refractivity contribution in [2.24, 2.45) is 0 Å². The predicted molar refractivity (Wildman–Crippen MR) is 92.9 cm³/mol. The fourth-order valence-corrected chi connectivity index (χ4v) is 3.06. The number of nitrogens with zero attached hydrogens (tertiary/aromatic N) is 1. The molecule has 0 spiro atoms. The Balaban J connectivity index is 1.82. The van der Waals surface area contributed by atoms with Crippen LogP contribution in [0.15, 0.2) is 46.9 Å². The lowest BCUT2D eigenvalue weighted by molar-refractivity contribution is 0.0693. The van der Waals surface area contributed by atoms with Crippen molar-refractivity contribution in [1.29, 1.82) is 0 Å². The minimum absolute atomic E-state index is 0.191. The second-order valence-corrected chi connectivity index (χ2v) is 6.60. The molecule has 0 unspecified atom stereocenters. The van der Waals surface area contributed by atoms with E-state index in [1.165, 1.54) is 19.2 Å². The van der Waals surface area contributed by atoms with Gasteiger partial charge in [0.05, 0.1) is 17.2 Å². The van der Waals surface area contributed by atoms with Crippen molar-refractivity contribution in [3.05, 3.63) is 69.2 Å². The average Bonchev–Trinajstić information content (AvgIpc) is 2.79. The lowest BCUT2D eigenvalue weighted by atomic mass is 10.0. The molecule has 2 aromatic carbocycles. The molecule has 0 bridgehead atoms. The highest BCUT2D eigenvalue weighted by molar-refractivity contribution is 9.10. The van der Waals surface area contributed by atoms with Crippen LogP contribution in [0.2, 0.25) is 0 Å². The van der Waals surface area contributed by atoms with Gasteiger partial charge in [-0.05, 0) is 42.8 Å². The molecule has 0 saturated carbocycles. The Bertz CT molecular complexity index is 863. The van der Waals surface area contributed by atoms with E-state index >= 15 is 0 Å². The summed E-state index contributed by atoms with van der Waals surface area (Å²) in [5.74, 6) is -1.02. The Kier molecular flexibility index (Phi) is 4.24. The largest absolute Gasteiger partial charge is 0.346 e. The highest BCUT2D eigenvalue weighted by atomic mass is 79.9. The van der Waals surface area contributed by atoms with Crippen molar-refractivity contribution in [2.75, 3.05) is 7.05 Å². The van der Waals surface area contributed by atoms with Crippen LogP contribution in [0, 0.1) is 0 Å². The van der Waals surface area contributed by atoms with Crippen LogP contribution in [0.4, 0.5) is 0 Å². The third-order valence-corrected chi connectivity index (χ3v) is 4.54. The van der Waals surface area contributed by atoms with E-state index in [9.17, 15) is 14.4 Å². The molecule has 1 atom stereocenters. The topological polar surface area (TPSA) is 66.5 Å². The van der Waals surface area contributed by atoms with Gasteiger partial charge in [0.2, 0.25) is 0 Å². The summed E-state index contributed by atoms with van der Waals surface area (Å²) in [5, 5.41) is 2.90. The van der Waals surface area contributed by atoms with Gasteiger partial charge in [-0.2, -0.15) is 0 Å². The molecule has 0 radical (unpaired) electrons. The van der Waals surface area contributed by atoms with E-state index in [4.69, 9.17) is 0 Å². The van der Waals surface area contributed by atoms with E-state index in [2.05, 4.69) is 21.2 Å². The molecule has 2 aromatic rings.